The van der Waals surface area contributed by atoms with Gasteiger partial charge in [-0.05, 0) is 24.3 Å². The number of halogens is 2. The van der Waals surface area contributed by atoms with Crippen molar-refractivity contribution in [3.63, 3.8) is 0 Å². The van der Waals surface area contributed by atoms with E-state index in [0.717, 1.165) is 6.07 Å². The van der Waals surface area contributed by atoms with E-state index < -0.39 is 17.8 Å². The molecule has 1 unspecified atom stereocenters. The topological polar surface area (TPSA) is 90.0 Å². The third-order valence-corrected chi connectivity index (χ3v) is 3.98. The maximum atomic E-state index is 13.8. The zero-order valence-corrected chi connectivity index (χ0v) is 12.3. The van der Waals surface area contributed by atoms with Crippen LogP contribution in [0.3, 0.4) is 0 Å². The van der Waals surface area contributed by atoms with Crippen molar-refractivity contribution >= 4 is 22.4 Å². The predicted molar refractivity (Wildman–Crippen MR) is 86.5 cm³/mol. The third kappa shape index (κ3) is 2.13. The van der Waals surface area contributed by atoms with E-state index in [2.05, 4.69) is 21.4 Å². The lowest BCUT2D eigenvalue weighted by Crippen LogP contribution is -2.25. The number of benzene rings is 2. The second-order valence-electron chi connectivity index (χ2n) is 5.47. The highest BCUT2D eigenvalue weighted by Crippen LogP contribution is 2.31. The molecular formula is C17H11F2N5. The molecule has 0 saturated carbocycles. The average molecular weight is 323 g/mol. The van der Waals surface area contributed by atoms with Gasteiger partial charge in [0.25, 0.3) is 0 Å². The normalized spacial score (nSPS) is 16.2. The largest absolute Gasteiger partial charge is 0.358 e. The second-order valence-corrected chi connectivity index (χ2v) is 5.47. The molecule has 1 atom stereocenters. The summed E-state index contributed by atoms with van der Waals surface area (Å²) in [5, 5.41) is 12.5. The smallest absolute Gasteiger partial charge is 0.150 e. The van der Waals surface area contributed by atoms with Crippen molar-refractivity contribution in [2.45, 2.75) is 6.17 Å². The van der Waals surface area contributed by atoms with E-state index >= 15 is 0 Å². The zero-order valence-electron chi connectivity index (χ0n) is 12.3. The summed E-state index contributed by atoms with van der Waals surface area (Å²) in [7, 11) is 0. The van der Waals surface area contributed by atoms with Crippen LogP contribution in [0.25, 0.3) is 10.9 Å². The molecule has 0 bridgehead atoms. The summed E-state index contributed by atoms with van der Waals surface area (Å²) in [6, 6.07) is 9.19. The number of nitrogens with zero attached hydrogens (tertiary/aromatic N) is 2. The molecule has 3 aromatic rings. The first-order valence-corrected chi connectivity index (χ1v) is 7.18. The minimum atomic E-state index is -0.673. The fraction of sp³-hybridized carbons (Fsp3) is 0.0588. The number of aromatic amines is 1. The predicted octanol–water partition coefficient (Wildman–Crippen LogP) is 3.15. The number of aromatic nitrogens is 1. The molecule has 1 aliphatic rings. The van der Waals surface area contributed by atoms with Gasteiger partial charge in [-0.15, -0.1) is 0 Å². The molecule has 0 amide bonds. The lowest BCUT2D eigenvalue weighted by atomic mass is 10.0. The molecule has 7 heteroatoms. The highest BCUT2D eigenvalue weighted by atomic mass is 19.1. The molecule has 0 radical (unpaired) electrons. The number of hydrogen-bond acceptors (Lipinski definition) is 4. The highest BCUT2D eigenvalue weighted by molar-refractivity contribution is 6.16. The number of nitrogens with one attached hydrogen (secondary N) is 2. The molecule has 4 N–H and O–H groups in total. The summed E-state index contributed by atoms with van der Waals surface area (Å²) in [4.78, 5) is 7.15. The van der Waals surface area contributed by atoms with Crippen LogP contribution in [0.1, 0.15) is 22.9 Å². The molecule has 0 spiro atoms. The fourth-order valence-corrected chi connectivity index (χ4v) is 2.85. The molecule has 0 aliphatic carbocycles. The summed E-state index contributed by atoms with van der Waals surface area (Å²) in [6.45, 7) is 0. The van der Waals surface area contributed by atoms with Gasteiger partial charge in [-0.3, -0.25) is 0 Å². The zero-order chi connectivity index (χ0) is 16.8. The average Bonchev–Trinajstić information content (AvgIpc) is 2.98. The van der Waals surface area contributed by atoms with E-state index in [-0.39, 0.29) is 5.52 Å². The molecule has 1 aromatic heterocycles. The van der Waals surface area contributed by atoms with Gasteiger partial charge in [-0.1, -0.05) is 0 Å². The Hall–Kier alpha value is -3.24. The Morgan fingerprint density at radius 2 is 2.04 bits per heavy atom. The van der Waals surface area contributed by atoms with Crippen LogP contribution in [0.4, 0.5) is 14.5 Å². The quantitative estimate of drug-likeness (QED) is 0.642. The Bertz CT molecular complexity index is 1050. The Morgan fingerprint density at radius 3 is 2.83 bits per heavy atom. The van der Waals surface area contributed by atoms with E-state index in [4.69, 9.17) is 11.0 Å². The molecular weight excluding hydrogens is 312 g/mol. The highest BCUT2D eigenvalue weighted by Gasteiger charge is 2.22. The number of rotatable bonds is 1. The molecule has 0 saturated heterocycles. The summed E-state index contributed by atoms with van der Waals surface area (Å²) in [5.41, 5.74) is 8.68. The van der Waals surface area contributed by atoms with E-state index in [1.807, 2.05) is 0 Å². The van der Waals surface area contributed by atoms with Crippen LogP contribution in [0.5, 0.6) is 0 Å². The number of H-pyrrole nitrogens is 1. The van der Waals surface area contributed by atoms with Gasteiger partial charge in [0.15, 0.2) is 0 Å². The number of amidine groups is 1. The monoisotopic (exact) mass is 323 g/mol. The number of fused-ring (bicyclic) bond motifs is 2. The van der Waals surface area contributed by atoms with Crippen molar-refractivity contribution in [1.82, 2.24) is 4.98 Å². The van der Waals surface area contributed by atoms with Crippen LogP contribution in [-0.4, -0.2) is 10.8 Å². The Balaban J connectivity index is 1.83. The van der Waals surface area contributed by atoms with Crippen molar-refractivity contribution in [3.8, 4) is 6.07 Å². The van der Waals surface area contributed by atoms with Gasteiger partial charge in [0.2, 0.25) is 0 Å². The second kappa shape index (κ2) is 5.15. The van der Waals surface area contributed by atoms with E-state index in [1.165, 1.54) is 6.07 Å². The van der Waals surface area contributed by atoms with Gasteiger partial charge in [0.1, 0.15) is 23.6 Å². The lowest BCUT2D eigenvalue weighted by molar-refractivity contribution is 0.591. The van der Waals surface area contributed by atoms with Gasteiger partial charge in [0.05, 0.1) is 17.1 Å². The summed E-state index contributed by atoms with van der Waals surface area (Å²) in [6.07, 6.45) is 0.883. The first-order valence-electron chi connectivity index (χ1n) is 7.18. The van der Waals surface area contributed by atoms with Crippen LogP contribution in [0, 0.1) is 23.0 Å². The number of aliphatic imine (C=N–C) groups is 1. The Kier molecular flexibility index (Phi) is 3.08. The van der Waals surface area contributed by atoms with E-state index in [1.54, 1.807) is 24.4 Å². The van der Waals surface area contributed by atoms with E-state index in [9.17, 15) is 8.78 Å². The number of nitrogens with two attached hydrogens (primary N) is 1. The van der Waals surface area contributed by atoms with Gasteiger partial charge in [-0.25, -0.2) is 13.8 Å². The number of anilines is 1. The first-order chi connectivity index (χ1) is 11.6. The van der Waals surface area contributed by atoms with Crippen LogP contribution in [-0.2, 0) is 0 Å². The molecule has 5 nitrogen and oxygen atoms in total. The molecule has 2 aromatic carbocycles. The first kappa shape index (κ1) is 14.4. The van der Waals surface area contributed by atoms with Crippen LogP contribution in [0.15, 0.2) is 41.5 Å². The molecule has 118 valence electrons. The van der Waals surface area contributed by atoms with E-state index in [0.29, 0.717) is 33.6 Å². The minimum absolute atomic E-state index is 0.204. The number of hydrogen-bond donors (Lipinski definition) is 3. The van der Waals surface area contributed by atoms with Gasteiger partial charge < -0.3 is 16.0 Å². The minimum Gasteiger partial charge on any atom is -0.358 e. The Morgan fingerprint density at radius 1 is 1.21 bits per heavy atom. The standard InChI is InChI=1S/C17H11F2N5/c18-9-4-10-12(7-22-15(10)13(19)5-9)17-23-14-2-1-8(6-20)3-11(14)16(21)24-17/h1-5,7,16,22H,21H2,(H,23,24). The third-order valence-electron chi connectivity index (χ3n) is 3.98. The maximum absolute atomic E-state index is 13.8. The van der Waals surface area contributed by atoms with Crippen molar-refractivity contribution < 1.29 is 8.78 Å². The summed E-state index contributed by atoms with van der Waals surface area (Å²) in [5.74, 6) is -0.924. The van der Waals surface area contributed by atoms with Gasteiger partial charge >= 0.3 is 0 Å². The van der Waals surface area contributed by atoms with Gasteiger partial charge in [0, 0.05) is 34.5 Å². The van der Waals surface area contributed by atoms with Crippen molar-refractivity contribution in [2.75, 3.05) is 5.32 Å². The number of nitriles is 1. The van der Waals surface area contributed by atoms with Crippen molar-refractivity contribution in [3.05, 3.63) is 64.9 Å². The molecule has 4 rings (SSSR count). The summed E-state index contributed by atoms with van der Waals surface area (Å²) < 4.78 is 27.4. The van der Waals surface area contributed by atoms with Crippen LogP contribution < -0.4 is 11.1 Å². The van der Waals surface area contributed by atoms with Crippen molar-refractivity contribution in [2.24, 2.45) is 10.7 Å². The lowest BCUT2D eigenvalue weighted by Gasteiger charge is -2.22. The maximum Gasteiger partial charge on any atom is 0.150 e. The Labute approximate surface area is 135 Å². The summed E-state index contributed by atoms with van der Waals surface area (Å²) >= 11 is 0. The molecule has 24 heavy (non-hydrogen) atoms. The molecule has 2 heterocycles. The molecule has 0 fully saturated rings. The van der Waals surface area contributed by atoms with Crippen LogP contribution >= 0.6 is 0 Å². The molecule has 1 aliphatic heterocycles. The van der Waals surface area contributed by atoms with Crippen LogP contribution in [0.2, 0.25) is 0 Å². The fourth-order valence-electron chi connectivity index (χ4n) is 2.85. The van der Waals surface area contributed by atoms with Gasteiger partial charge in [-0.2, -0.15) is 5.26 Å². The van der Waals surface area contributed by atoms with Crippen molar-refractivity contribution in [1.29, 1.82) is 5.26 Å². The SMILES string of the molecule is N#Cc1ccc2c(c1)C(N)N=C(c1c[nH]c3c(F)cc(F)cc13)N2.